The maximum Gasteiger partial charge on any atom is 0.261 e. The van der Waals surface area contributed by atoms with Crippen LogP contribution in [0.1, 0.15) is 41.4 Å². The summed E-state index contributed by atoms with van der Waals surface area (Å²) in [5, 5.41) is 4.97. The maximum atomic E-state index is 12.6. The molecule has 0 aliphatic carbocycles. The highest BCUT2D eigenvalue weighted by Gasteiger charge is 2.24. The Balaban J connectivity index is 1.44. The van der Waals surface area contributed by atoms with Crippen LogP contribution in [0.2, 0.25) is 0 Å². The van der Waals surface area contributed by atoms with Crippen LogP contribution in [-0.2, 0) is 11.2 Å². The summed E-state index contributed by atoms with van der Waals surface area (Å²) in [6, 6.07) is 9.64. The van der Waals surface area contributed by atoms with Crippen molar-refractivity contribution in [3.05, 3.63) is 46.2 Å². The molecular weight excluding hydrogens is 388 g/mol. The number of nitrogens with one attached hydrogen (secondary N) is 1. The molecule has 1 saturated heterocycles. The Labute approximate surface area is 175 Å². The Morgan fingerprint density at radius 2 is 2.00 bits per heavy atom. The molecule has 6 nitrogen and oxygen atoms in total. The second-order valence-corrected chi connectivity index (χ2v) is 7.97. The zero-order valence-corrected chi connectivity index (χ0v) is 17.8. The Morgan fingerprint density at radius 3 is 2.66 bits per heavy atom. The molecule has 1 N–H and O–H groups in total. The molecule has 1 aromatic heterocycles. The summed E-state index contributed by atoms with van der Waals surface area (Å²) in [5.41, 5.74) is 1.05. The van der Waals surface area contributed by atoms with Gasteiger partial charge in [-0.25, -0.2) is 0 Å². The summed E-state index contributed by atoms with van der Waals surface area (Å²) < 4.78 is 10.9. The lowest BCUT2D eigenvalue weighted by atomic mass is 10.0. The molecule has 7 heteroatoms. The molecule has 1 aromatic carbocycles. The number of ether oxygens (including phenoxy) is 2. The summed E-state index contributed by atoms with van der Waals surface area (Å²) in [6.07, 6.45) is 2.71. The summed E-state index contributed by atoms with van der Waals surface area (Å²) >= 11 is 1.44. The van der Waals surface area contributed by atoms with Crippen LogP contribution in [-0.4, -0.2) is 49.6 Å². The average molecular weight is 417 g/mol. The molecule has 1 fully saturated rings. The second-order valence-electron chi connectivity index (χ2n) is 7.02. The van der Waals surface area contributed by atoms with Crippen LogP contribution in [0.15, 0.2) is 35.7 Å². The number of amides is 2. The van der Waals surface area contributed by atoms with Crippen LogP contribution in [0, 0.1) is 0 Å². The van der Waals surface area contributed by atoms with Crippen molar-refractivity contribution in [1.29, 1.82) is 0 Å². The number of piperidine rings is 1. The lowest BCUT2D eigenvalue weighted by molar-refractivity contribution is -0.132. The molecule has 2 aromatic rings. The summed E-state index contributed by atoms with van der Waals surface area (Å²) in [5.74, 6) is 1.55. The predicted molar refractivity (Wildman–Crippen MR) is 114 cm³/mol. The van der Waals surface area contributed by atoms with Crippen molar-refractivity contribution in [2.24, 2.45) is 0 Å². The smallest absolute Gasteiger partial charge is 0.261 e. The first-order valence-electron chi connectivity index (χ1n) is 10.0. The molecule has 0 saturated carbocycles. The number of methoxy groups -OCH3 is 1. The zero-order chi connectivity index (χ0) is 20.6. The highest BCUT2D eigenvalue weighted by molar-refractivity contribution is 7.12. The van der Waals surface area contributed by atoms with Gasteiger partial charge in [0.1, 0.15) is 0 Å². The molecule has 0 spiro atoms. The first-order valence-corrected chi connectivity index (χ1v) is 10.9. The van der Waals surface area contributed by atoms with Crippen LogP contribution in [0.3, 0.4) is 0 Å². The normalized spacial score (nSPS) is 14.5. The number of carbonyl (C=O) groups is 2. The molecule has 0 bridgehead atoms. The third kappa shape index (κ3) is 5.73. The van der Waals surface area contributed by atoms with Crippen molar-refractivity contribution in [3.63, 3.8) is 0 Å². The van der Waals surface area contributed by atoms with Crippen molar-refractivity contribution in [2.75, 3.05) is 26.8 Å². The van der Waals surface area contributed by atoms with E-state index in [1.807, 2.05) is 47.5 Å². The summed E-state index contributed by atoms with van der Waals surface area (Å²) in [7, 11) is 1.62. The number of carbonyl (C=O) groups excluding carboxylic acids is 2. The van der Waals surface area contributed by atoms with Crippen molar-refractivity contribution in [2.45, 2.75) is 38.6 Å². The van der Waals surface area contributed by atoms with E-state index in [-0.39, 0.29) is 17.9 Å². The molecule has 1 aliphatic rings. The quantitative estimate of drug-likeness (QED) is 0.715. The van der Waals surface area contributed by atoms with E-state index in [9.17, 15) is 9.59 Å². The van der Waals surface area contributed by atoms with Crippen molar-refractivity contribution < 1.29 is 19.1 Å². The minimum Gasteiger partial charge on any atom is -0.493 e. The number of likely N-dealkylation sites (tertiary alicyclic amines) is 1. The summed E-state index contributed by atoms with van der Waals surface area (Å²) in [4.78, 5) is 27.4. The molecule has 0 radical (unpaired) electrons. The minimum absolute atomic E-state index is 0.0192. The van der Waals surface area contributed by atoms with Gasteiger partial charge in [0.25, 0.3) is 5.91 Å². The van der Waals surface area contributed by atoms with Crippen LogP contribution in [0.25, 0.3) is 0 Å². The molecule has 2 amide bonds. The van der Waals surface area contributed by atoms with Crippen molar-refractivity contribution >= 4 is 23.2 Å². The fourth-order valence-corrected chi connectivity index (χ4v) is 4.12. The minimum atomic E-state index is -0.0192. The molecule has 29 heavy (non-hydrogen) atoms. The number of hydrogen-bond donors (Lipinski definition) is 1. The lowest BCUT2D eigenvalue weighted by Crippen LogP contribution is -2.46. The fourth-order valence-electron chi connectivity index (χ4n) is 3.49. The van der Waals surface area contributed by atoms with Gasteiger partial charge in [-0.2, -0.15) is 0 Å². The monoisotopic (exact) mass is 416 g/mol. The predicted octanol–water partition coefficient (Wildman–Crippen LogP) is 3.51. The molecule has 2 heterocycles. The molecule has 156 valence electrons. The fraction of sp³-hybridized carbons (Fsp3) is 0.455. The van der Waals surface area contributed by atoms with Gasteiger partial charge in [0.15, 0.2) is 11.5 Å². The van der Waals surface area contributed by atoms with Crippen LogP contribution < -0.4 is 14.8 Å². The molecule has 3 rings (SSSR count). The third-order valence-electron chi connectivity index (χ3n) is 5.08. The van der Waals surface area contributed by atoms with Crippen LogP contribution in [0.4, 0.5) is 0 Å². The number of aryl methyl sites for hydroxylation is 1. The van der Waals surface area contributed by atoms with E-state index >= 15 is 0 Å². The third-order valence-corrected chi connectivity index (χ3v) is 5.95. The van der Waals surface area contributed by atoms with Gasteiger partial charge in [-0.15, -0.1) is 11.3 Å². The molecule has 0 unspecified atom stereocenters. The number of benzene rings is 1. The van der Waals surface area contributed by atoms with E-state index < -0.39 is 0 Å². The Morgan fingerprint density at radius 1 is 1.21 bits per heavy atom. The van der Waals surface area contributed by atoms with Gasteiger partial charge in [-0.1, -0.05) is 12.1 Å². The second kappa shape index (κ2) is 10.3. The van der Waals surface area contributed by atoms with Crippen LogP contribution in [0.5, 0.6) is 11.5 Å². The summed E-state index contributed by atoms with van der Waals surface area (Å²) in [6.45, 7) is 3.88. The van der Waals surface area contributed by atoms with E-state index in [1.165, 1.54) is 11.3 Å². The standard InChI is InChI=1S/C22H28N2O4S/c1-3-28-18-8-6-16(15-19(18)27-2)7-9-21(25)24-12-10-17(11-13-24)23-22(26)20-5-4-14-29-20/h4-6,8,14-15,17H,3,7,9-13H2,1-2H3,(H,23,26). The highest BCUT2D eigenvalue weighted by Crippen LogP contribution is 2.28. The van der Waals surface area contributed by atoms with E-state index in [0.29, 0.717) is 38.3 Å². The highest BCUT2D eigenvalue weighted by atomic mass is 32.1. The zero-order valence-electron chi connectivity index (χ0n) is 17.0. The van der Waals surface area contributed by atoms with Gasteiger partial charge in [-0.3, -0.25) is 9.59 Å². The first kappa shape index (κ1) is 21.2. The van der Waals surface area contributed by atoms with E-state index in [2.05, 4.69) is 5.32 Å². The van der Waals surface area contributed by atoms with Crippen molar-refractivity contribution in [1.82, 2.24) is 10.2 Å². The van der Waals surface area contributed by atoms with Crippen molar-refractivity contribution in [3.8, 4) is 11.5 Å². The number of hydrogen-bond acceptors (Lipinski definition) is 5. The SMILES string of the molecule is CCOc1ccc(CCC(=O)N2CCC(NC(=O)c3cccs3)CC2)cc1OC. The van der Waals surface area contributed by atoms with Gasteiger partial charge < -0.3 is 19.7 Å². The molecular formula is C22H28N2O4S. The first-order chi connectivity index (χ1) is 14.1. The van der Waals surface area contributed by atoms with Gasteiger partial charge in [0.05, 0.1) is 18.6 Å². The largest absolute Gasteiger partial charge is 0.493 e. The number of nitrogens with zero attached hydrogens (tertiary/aromatic N) is 1. The van der Waals surface area contributed by atoms with E-state index in [4.69, 9.17) is 9.47 Å². The molecule has 0 atom stereocenters. The van der Waals surface area contributed by atoms with E-state index in [0.717, 1.165) is 29.0 Å². The van der Waals surface area contributed by atoms with E-state index in [1.54, 1.807) is 7.11 Å². The van der Waals surface area contributed by atoms with Gasteiger partial charge >= 0.3 is 0 Å². The topological polar surface area (TPSA) is 67.9 Å². The Kier molecular flexibility index (Phi) is 7.52. The van der Waals surface area contributed by atoms with Gasteiger partial charge in [0.2, 0.25) is 5.91 Å². The molecule has 1 aliphatic heterocycles. The van der Waals surface area contributed by atoms with Gasteiger partial charge in [0, 0.05) is 25.6 Å². The number of rotatable bonds is 8. The number of thiophene rings is 1. The maximum absolute atomic E-state index is 12.6. The van der Waals surface area contributed by atoms with Gasteiger partial charge in [-0.05, 0) is 55.3 Å². The average Bonchev–Trinajstić information content (AvgIpc) is 3.28. The lowest BCUT2D eigenvalue weighted by Gasteiger charge is -2.32. The van der Waals surface area contributed by atoms with Crippen LogP contribution >= 0.6 is 11.3 Å². The Hall–Kier alpha value is -2.54. The Bertz CT molecular complexity index is 814.